The third kappa shape index (κ3) is 1.75. The van der Waals surface area contributed by atoms with Crippen LogP contribution in [0.4, 0.5) is 10.8 Å². The second-order valence-corrected chi connectivity index (χ2v) is 5.26. The zero-order valence-electron chi connectivity index (χ0n) is 9.89. The maximum atomic E-state index is 5.81. The summed E-state index contributed by atoms with van der Waals surface area (Å²) in [6.45, 7) is 1.68. The van der Waals surface area contributed by atoms with Crippen LogP contribution in [-0.2, 0) is 4.74 Å². The molecule has 5 nitrogen and oxygen atoms in total. The number of nitrogens with zero attached hydrogens (tertiary/aromatic N) is 2. The molecular weight excluding hydrogens is 238 g/mol. The SMILES string of the molecule is COc1c(N)nsc1N1CCOC2CCCC21. The second kappa shape index (κ2) is 4.34. The molecule has 2 aliphatic rings. The van der Waals surface area contributed by atoms with Gasteiger partial charge in [-0.3, -0.25) is 0 Å². The maximum absolute atomic E-state index is 5.81. The lowest BCUT2D eigenvalue weighted by Crippen LogP contribution is -2.48. The third-order valence-electron chi connectivity index (χ3n) is 3.60. The lowest BCUT2D eigenvalue weighted by molar-refractivity contribution is 0.0257. The monoisotopic (exact) mass is 255 g/mol. The van der Waals surface area contributed by atoms with Gasteiger partial charge in [0.05, 0.1) is 25.9 Å². The summed E-state index contributed by atoms with van der Waals surface area (Å²) in [4.78, 5) is 2.37. The fraction of sp³-hybridized carbons (Fsp3) is 0.727. The van der Waals surface area contributed by atoms with Crippen molar-refractivity contribution in [3.8, 4) is 5.75 Å². The van der Waals surface area contributed by atoms with Gasteiger partial charge in [0.2, 0.25) is 0 Å². The minimum Gasteiger partial charge on any atom is -0.490 e. The van der Waals surface area contributed by atoms with Crippen LogP contribution in [-0.4, -0.2) is 36.8 Å². The number of hydrogen-bond acceptors (Lipinski definition) is 6. The molecule has 2 N–H and O–H groups in total. The molecule has 1 saturated heterocycles. The number of nitrogens with two attached hydrogens (primary N) is 1. The Morgan fingerprint density at radius 1 is 1.53 bits per heavy atom. The molecular formula is C11H17N3O2S. The summed E-state index contributed by atoms with van der Waals surface area (Å²) in [6.07, 6.45) is 3.96. The van der Waals surface area contributed by atoms with Crippen LogP contribution in [0, 0.1) is 0 Å². The highest BCUT2D eigenvalue weighted by molar-refractivity contribution is 7.11. The number of ether oxygens (including phenoxy) is 2. The molecule has 1 saturated carbocycles. The number of morpholine rings is 1. The van der Waals surface area contributed by atoms with Crippen molar-refractivity contribution in [3.05, 3.63) is 0 Å². The normalized spacial score (nSPS) is 28.2. The Labute approximate surface area is 105 Å². The van der Waals surface area contributed by atoms with E-state index < -0.39 is 0 Å². The third-order valence-corrected chi connectivity index (χ3v) is 4.49. The molecule has 94 valence electrons. The van der Waals surface area contributed by atoms with Gasteiger partial charge in [0.25, 0.3) is 0 Å². The van der Waals surface area contributed by atoms with Crippen molar-refractivity contribution in [1.82, 2.24) is 4.37 Å². The van der Waals surface area contributed by atoms with Gasteiger partial charge in [-0.05, 0) is 30.8 Å². The van der Waals surface area contributed by atoms with Gasteiger partial charge < -0.3 is 20.1 Å². The van der Waals surface area contributed by atoms with Crippen LogP contribution >= 0.6 is 11.5 Å². The van der Waals surface area contributed by atoms with Gasteiger partial charge in [-0.2, -0.15) is 4.37 Å². The molecule has 2 atom stereocenters. The highest BCUT2D eigenvalue weighted by atomic mass is 32.1. The lowest BCUT2D eigenvalue weighted by atomic mass is 10.1. The molecule has 3 rings (SSSR count). The van der Waals surface area contributed by atoms with Gasteiger partial charge in [0.15, 0.2) is 16.6 Å². The molecule has 1 aromatic heterocycles. The Morgan fingerprint density at radius 2 is 2.41 bits per heavy atom. The van der Waals surface area contributed by atoms with Crippen LogP contribution in [0.25, 0.3) is 0 Å². The van der Waals surface area contributed by atoms with Crippen LogP contribution < -0.4 is 15.4 Å². The van der Waals surface area contributed by atoms with Crippen LogP contribution in [0.3, 0.4) is 0 Å². The summed E-state index contributed by atoms with van der Waals surface area (Å²) in [5.74, 6) is 1.22. The molecule has 0 amide bonds. The number of nitrogen functional groups attached to an aromatic ring is 1. The smallest absolute Gasteiger partial charge is 0.197 e. The summed E-state index contributed by atoms with van der Waals surface area (Å²) in [7, 11) is 1.65. The molecule has 0 radical (unpaired) electrons. The molecule has 1 aliphatic heterocycles. The van der Waals surface area contributed by atoms with E-state index in [4.69, 9.17) is 15.2 Å². The maximum Gasteiger partial charge on any atom is 0.197 e. The van der Waals surface area contributed by atoms with E-state index in [9.17, 15) is 0 Å². The highest BCUT2D eigenvalue weighted by Gasteiger charge is 2.38. The Hall–Kier alpha value is -1.01. The molecule has 0 bridgehead atoms. The average molecular weight is 255 g/mol. The van der Waals surface area contributed by atoms with Gasteiger partial charge >= 0.3 is 0 Å². The van der Waals surface area contributed by atoms with Crippen molar-refractivity contribution in [3.63, 3.8) is 0 Å². The van der Waals surface area contributed by atoms with E-state index in [0.717, 1.165) is 30.3 Å². The van der Waals surface area contributed by atoms with Crippen molar-refractivity contribution >= 4 is 22.4 Å². The van der Waals surface area contributed by atoms with Crippen molar-refractivity contribution < 1.29 is 9.47 Å². The Kier molecular flexibility index (Phi) is 2.84. The van der Waals surface area contributed by atoms with Crippen LogP contribution in [0.2, 0.25) is 0 Å². The summed E-state index contributed by atoms with van der Waals surface area (Å²) in [6, 6.07) is 0.470. The minimum absolute atomic E-state index is 0.372. The number of anilines is 2. The van der Waals surface area contributed by atoms with E-state index in [0.29, 0.717) is 18.0 Å². The van der Waals surface area contributed by atoms with E-state index in [-0.39, 0.29) is 0 Å². The first-order valence-electron chi connectivity index (χ1n) is 5.98. The van der Waals surface area contributed by atoms with E-state index in [1.54, 1.807) is 7.11 Å². The number of aromatic nitrogens is 1. The molecule has 0 spiro atoms. The molecule has 1 aromatic rings. The zero-order valence-corrected chi connectivity index (χ0v) is 10.7. The van der Waals surface area contributed by atoms with Crippen LogP contribution in [0.15, 0.2) is 0 Å². The lowest BCUT2D eigenvalue weighted by Gasteiger charge is -2.38. The first-order valence-corrected chi connectivity index (χ1v) is 6.76. The van der Waals surface area contributed by atoms with Crippen LogP contribution in [0.1, 0.15) is 19.3 Å². The number of rotatable bonds is 2. The average Bonchev–Trinajstić information content (AvgIpc) is 2.94. The minimum atomic E-state index is 0.372. The predicted octanol–water partition coefficient (Wildman–Crippen LogP) is 1.49. The van der Waals surface area contributed by atoms with Gasteiger partial charge in [-0.1, -0.05) is 0 Å². The van der Waals surface area contributed by atoms with Crippen molar-refractivity contribution in [2.24, 2.45) is 0 Å². The van der Waals surface area contributed by atoms with Crippen LogP contribution in [0.5, 0.6) is 5.75 Å². The van der Waals surface area contributed by atoms with Crippen molar-refractivity contribution in [2.75, 3.05) is 30.9 Å². The molecule has 2 unspecified atom stereocenters. The van der Waals surface area contributed by atoms with Gasteiger partial charge in [0, 0.05) is 6.54 Å². The molecule has 0 aromatic carbocycles. The molecule has 2 heterocycles. The van der Waals surface area contributed by atoms with Crippen molar-refractivity contribution in [2.45, 2.75) is 31.4 Å². The van der Waals surface area contributed by atoms with Gasteiger partial charge in [-0.25, -0.2) is 0 Å². The summed E-state index contributed by atoms with van der Waals surface area (Å²) < 4.78 is 15.4. The van der Waals surface area contributed by atoms with Crippen molar-refractivity contribution in [1.29, 1.82) is 0 Å². The quantitative estimate of drug-likeness (QED) is 0.867. The summed E-state index contributed by atoms with van der Waals surface area (Å²) in [5.41, 5.74) is 5.81. The first-order chi connectivity index (χ1) is 8.31. The highest BCUT2D eigenvalue weighted by Crippen LogP contribution is 2.42. The van der Waals surface area contributed by atoms with E-state index in [2.05, 4.69) is 9.27 Å². The van der Waals surface area contributed by atoms with E-state index in [1.165, 1.54) is 24.4 Å². The zero-order chi connectivity index (χ0) is 11.8. The summed E-state index contributed by atoms with van der Waals surface area (Å²) in [5, 5.41) is 1.06. The largest absolute Gasteiger partial charge is 0.490 e. The Bertz CT molecular complexity index is 409. The predicted molar refractivity (Wildman–Crippen MR) is 67.8 cm³/mol. The second-order valence-electron chi connectivity index (χ2n) is 4.51. The van der Waals surface area contributed by atoms with Gasteiger partial charge in [0.1, 0.15) is 0 Å². The number of methoxy groups -OCH3 is 1. The Balaban J connectivity index is 1.91. The number of fused-ring (bicyclic) bond motifs is 1. The molecule has 2 fully saturated rings. The van der Waals surface area contributed by atoms with E-state index >= 15 is 0 Å². The first kappa shape index (κ1) is 11.1. The Morgan fingerprint density at radius 3 is 3.24 bits per heavy atom. The number of hydrogen-bond donors (Lipinski definition) is 1. The molecule has 1 aliphatic carbocycles. The summed E-state index contributed by atoms with van der Waals surface area (Å²) >= 11 is 1.43. The standard InChI is InChI=1S/C11H17N3O2S/c1-15-9-10(12)13-17-11(9)14-5-6-16-8-4-2-3-7(8)14/h7-8H,2-6H2,1H3,(H2,12,13). The fourth-order valence-corrected chi connectivity index (χ4v) is 3.71. The molecule has 17 heavy (non-hydrogen) atoms. The van der Waals surface area contributed by atoms with Gasteiger partial charge in [-0.15, -0.1) is 0 Å². The topological polar surface area (TPSA) is 60.6 Å². The van der Waals surface area contributed by atoms with E-state index in [1.807, 2.05) is 0 Å². The molecule has 6 heteroatoms. The fourth-order valence-electron chi connectivity index (χ4n) is 2.84.